The Morgan fingerprint density at radius 3 is 0.944 bits per heavy atom. The van der Waals surface area contributed by atoms with Crippen molar-refractivity contribution in [3.8, 4) is 0 Å². The molecular weight excluding hydrogens is 889 g/mol. The van der Waals surface area contributed by atoms with Crippen molar-refractivity contribution in [2.45, 2.75) is 264 Å². The van der Waals surface area contributed by atoms with Crippen molar-refractivity contribution in [3.63, 3.8) is 0 Å². The molecule has 6 heteroatoms. The number of carbonyl (C=O) groups excluding carboxylic acids is 3. The summed E-state index contributed by atoms with van der Waals surface area (Å²) in [6, 6.07) is 0. The lowest BCUT2D eigenvalue weighted by atomic mass is 10.1. The third kappa shape index (κ3) is 56.7. The second-order valence-corrected chi connectivity index (χ2v) is 19.2. The van der Waals surface area contributed by atoms with Gasteiger partial charge in [0.2, 0.25) is 0 Å². The minimum atomic E-state index is -0.830. The monoisotopic (exact) mass is 997 g/mol. The summed E-state index contributed by atoms with van der Waals surface area (Å²) in [7, 11) is 0. The molecule has 0 aliphatic rings. The van der Waals surface area contributed by atoms with E-state index in [1.165, 1.54) is 103 Å². The van der Waals surface area contributed by atoms with Crippen molar-refractivity contribution in [1.29, 1.82) is 0 Å². The smallest absolute Gasteiger partial charge is 0.306 e. The maximum atomic E-state index is 12.8. The van der Waals surface area contributed by atoms with E-state index in [2.05, 4.69) is 130 Å². The van der Waals surface area contributed by atoms with Gasteiger partial charge in [0, 0.05) is 19.3 Å². The fourth-order valence-electron chi connectivity index (χ4n) is 7.75. The zero-order valence-electron chi connectivity index (χ0n) is 46.7. The number of ether oxygens (including phenoxy) is 3. The van der Waals surface area contributed by atoms with Crippen molar-refractivity contribution in [1.82, 2.24) is 0 Å². The van der Waals surface area contributed by atoms with Gasteiger partial charge in [-0.05, 0) is 116 Å². The standard InChI is InChI=1S/C66H108O6/c1-4-7-10-13-16-19-22-25-28-30-32-33-35-36-38-41-44-47-50-53-56-59-65(68)71-62-63(61-70-64(67)58-55-52-49-46-43-40-27-24-21-18-15-12-9-6-3)72-66(69)60-57-54-51-48-45-42-39-37-34-31-29-26-23-20-17-14-11-8-5-2/h8,11,15,17-18,20,22,24-27,29-30,32,34,37,42,45,51,54,63H,4-7,9-10,12-14,16,19,21,23,28,31,33,35-36,38-41,43-44,46-50,52-53,55-62H2,1-3H3/b11-8-,18-15-,20-17-,25-22-,27-24-,29-26-,32-30-,37-34-,45-42-,54-51-. The number of unbranched alkanes of at least 4 members (excludes halogenated alkanes) is 21. The normalized spacial score (nSPS) is 13.0. The van der Waals surface area contributed by atoms with Gasteiger partial charge in [-0.2, -0.15) is 0 Å². The van der Waals surface area contributed by atoms with Crippen LogP contribution in [0.4, 0.5) is 0 Å². The predicted octanol–water partition coefficient (Wildman–Crippen LogP) is 20.0. The zero-order valence-corrected chi connectivity index (χ0v) is 46.7. The molecule has 0 saturated heterocycles. The van der Waals surface area contributed by atoms with E-state index in [-0.39, 0.29) is 31.6 Å². The van der Waals surface area contributed by atoms with Crippen LogP contribution in [0.1, 0.15) is 258 Å². The fourth-order valence-corrected chi connectivity index (χ4v) is 7.75. The number of allylic oxidation sites excluding steroid dienone is 20. The molecule has 0 spiro atoms. The van der Waals surface area contributed by atoms with Gasteiger partial charge in [-0.25, -0.2) is 0 Å². The highest BCUT2D eigenvalue weighted by molar-refractivity contribution is 5.71. The summed E-state index contributed by atoms with van der Waals surface area (Å²) in [5.74, 6) is -1.02. The number of rotatable bonds is 52. The number of hydrogen-bond donors (Lipinski definition) is 0. The van der Waals surface area contributed by atoms with E-state index in [0.717, 1.165) is 109 Å². The second kappa shape index (κ2) is 59.4. The minimum absolute atomic E-state index is 0.118. The molecule has 0 aromatic carbocycles. The summed E-state index contributed by atoms with van der Waals surface area (Å²) in [5, 5.41) is 0. The SMILES string of the molecule is CC/C=C\C/C=C\C/C=C\C/C=C\C/C=C\C/C=C\CCC(=O)OC(COC(=O)CCCCCCC/C=C\C/C=C\CCCC)COC(=O)CCCCCCCCCCC/C=C\C/C=C\CCCCCCC. The molecule has 0 saturated carbocycles. The summed E-state index contributed by atoms with van der Waals surface area (Å²) in [6.07, 6.45) is 82.0. The number of carbonyl (C=O) groups is 3. The molecule has 6 nitrogen and oxygen atoms in total. The number of esters is 3. The maximum Gasteiger partial charge on any atom is 0.306 e. The molecule has 1 atom stereocenters. The van der Waals surface area contributed by atoms with E-state index in [0.29, 0.717) is 19.3 Å². The van der Waals surface area contributed by atoms with Crippen molar-refractivity contribution in [2.75, 3.05) is 13.2 Å². The molecule has 0 fully saturated rings. The Balaban J connectivity index is 4.51. The van der Waals surface area contributed by atoms with Crippen LogP contribution in [-0.2, 0) is 28.6 Å². The van der Waals surface area contributed by atoms with Crippen LogP contribution in [0.3, 0.4) is 0 Å². The van der Waals surface area contributed by atoms with E-state index in [1.54, 1.807) is 0 Å². The first-order chi connectivity index (χ1) is 35.5. The van der Waals surface area contributed by atoms with Gasteiger partial charge >= 0.3 is 17.9 Å². The molecule has 0 bridgehead atoms. The molecule has 0 N–H and O–H groups in total. The van der Waals surface area contributed by atoms with Crippen LogP contribution < -0.4 is 0 Å². The highest BCUT2D eigenvalue weighted by Gasteiger charge is 2.19. The molecule has 0 heterocycles. The highest BCUT2D eigenvalue weighted by Crippen LogP contribution is 2.14. The van der Waals surface area contributed by atoms with Gasteiger partial charge in [0.25, 0.3) is 0 Å². The van der Waals surface area contributed by atoms with E-state index in [4.69, 9.17) is 14.2 Å². The third-order valence-corrected chi connectivity index (χ3v) is 12.2. The summed E-state index contributed by atoms with van der Waals surface area (Å²) >= 11 is 0. The van der Waals surface area contributed by atoms with Crippen molar-refractivity contribution >= 4 is 17.9 Å². The van der Waals surface area contributed by atoms with Crippen LogP contribution >= 0.6 is 0 Å². The molecule has 0 aromatic heterocycles. The highest BCUT2D eigenvalue weighted by atomic mass is 16.6. The molecule has 0 amide bonds. The van der Waals surface area contributed by atoms with E-state index >= 15 is 0 Å². The summed E-state index contributed by atoms with van der Waals surface area (Å²) in [6.45, 7) is 6.40. The summed E-state index contributed by atoms with van der Waals surface area (Å²) < 4.78 is 16.8. The first kappa shape index (κ1) is 67.8. The van der Waals surface area contributed by atoms with Crippen LogP contribution in [0.25, 0.3) is 0 Å². The lowest BCUT2D eigenvalue weighted by molar-refractivity contribution is -0.166. The van der Waals surface area contributed by atoms with E-state index in [9.17, 15) is 14.4 Å². The van der Waals surface area contributed by atoms with Gasteiger partial charge in [-0.15, -0.1) is 0 Å². The average molecular weight is 998 g/mol. The van der Waals surface area contributed by atoms with Gasteiger partial charge < -0.3 is 14.2 Å². The third-order valence-electron chi connectivity index (χ3n) is 12.2. The van der Waals surface area contributed by atoms with Gasteiger partial charge in [0.1, 0.15) is 13.2 Å². The molecule has 0 rings (SSSR count). The minimum Gasteiger partial charge on any atom is -0.462 e. The van der Waals surface area contributed by atoms with Gasteiger partial charge in [-0.3, -0.25) is 14.4 Å². The maximum absolute atomic E-state index is 12.8. The van der Waals surface area contributed by atoms with E-state index in [1.807, 2.05) is 12.2 Å². The Kier molecular flexibility index (Phi) is 55.9. The lowest BCUT2D eigenvalue weighted by Gasteiger charge is -2.18. The topological polar surface area (TPSA) is 78.9 Å². The largest absolute Gasteiger partial charge is 0.462 e. The first-order valence-electron chi connectivity index (χ1n) is 29.5. The van der Waals surface area contributed by atoms with Crippen LogP contribution in [0.15, 0.2) is 122 Å². The van der Waals surface area contributed by atoms with Gasteiger partial charge in [0.15, 0.2) is 6.10 Å². The summed E-state index contributed by atoms with van der Waals surface area (Å²) in [5.41, 5.74) is 0. The van der Waals surface area contributed by atoms with Gasteiger partial charge in [-0.1, -0.05) is 245 Å². The molecule has 0 aromatic rings. The van der Waals surface area contributed by atoms with Crippen LogP contribution in [0.5, 0.6) is 0 Å². The van der Waals surface area contributed by atoms with Gasteiger partial charge in [0.05, 0.1) is 0 Å². The van der Waals surface area contributed by atoms with Crippen LogP contribution in [0, 0.1) is 0 Å². The van der Waals surface area contributed by atoms with Crippen molar-refractivity contribution in [2.24, 2.45) is 0 Å². The van der Waals surface area contributed by atoms with Crippen LogP contribution in [0.2, 0.25) is 0 Å². The summed E-state index contributed by atoms with van der Waals surface area (Å²) in [4.78, 5) is 38.2. The average Bonchev–Trinajstić information content (AvgIpc) is 3.38. The zero-order chi connectivity index (χ0) is 52.2. The Labute approximate surface area is 443 Å². The fraction of sp³-hybridized carbons (Fsp3) is 0.652. The molecule has 408 valence electrons. The number of hydrogen-bond acceptors (Lipinski definition) is 6. The molecule has 0 aliphatic carbocycles. The Morgan fingerprint density at radius 2 is 0.583 bits per heavy atom. The lowest BCUT2D eigenvalue weighted by Crippen LogP contribution is -2.30. The quantitative estimate of drug-likeness (QED) is 0.0261. The van der Waals surface area contributed by atoms with Crippen LogP contribution in [-0.4, -0.2) is 37.2 Å². The Hall–Kier alpha value is -4.19. The molecule has 0 aliphatic heterocycles. The van der Waals surface area contributed by atoms with E-state index < -0.39 is 12.1 Å². The predicted molar refractivity (Wildman–Crippen MR) is 311 cm³/mol. The molecular formula is C66H108O6. The molecule has 1 unspecified atom stereocenters. The molecule has 72 heavy (non-hydrogen) atoms. The first-order valence-corrected chi connectivity index (χ1v) is 29.5. The Bertz CT molecular complexity index is 1520. The molecule has 0 radical (unpaired) electrons. The second-order valence-electron chi connectivity index (χ2n) is 19.2. The van der Waals surface area contributed by atoms with Crippen molar-refractivity contribution < 1.29 is 28.6 Å². The Morgan fingerprint density at radius 1 is 0.292 bits per heavy atom. The van der Waals surface area contributed by atoms with Crippen molar-refractivity contribution in [3.05, 3.63) is 122 Å².